The monoisotopic (exact) mass is 376 g/mol. The maximum absolute atomic E-state index is 5.47. The van der Waals surface area contributed by atoms with Crippen molar-refractivity contribution in [3.05, 3.63) is 18.7 Å². The number of nitrogens with zero attached hydrogens (tertiary/aromatic N) is 4. The van der Waals surface area contributed by atoms with Crippen molar-refractivity contribution in [2.75, 3.05) is 61.1 Å². The number of anilines is 3. The van der Waals surface area contributed by atoms with Crippen LogP contribution < -0.4 is 20.4 Å². The Hall–Kier alpha value is -1.93. The average molecular weight is 377 g/mol. The molecule has 0 saturated carbocycles. The van der Waals surface area contributed by atoms with E-state index in [4.69, 9.17) is 21.9 Å². The molecule has 0 unspecified atom stereocenters. The second kappa shape index (κ2) is 9.14. The molecule has 1 atom stereocenters. The van der Waals surface area contributed by atoms with Crippen LogP contribution in [0, 0.1) is 5.92 Å². The third kappa shape index (κ3) is 5.04. The number of morpholine rings is 1. The molecule has 2 aliphatic rings. The molecule has 0 radical (unpaired) electrons. The third-order valence-electron chi connectivity index (χ3n) is 4.65. The molecule has 2 fully saturated rings. The van der Waals surface area contributed by atoms with Crippen LogP contribution in [0.1, 0.15) is 19.8 Å². The van der Waals surface area contributed by atoms with E-state index in [1.165, 1.54) is 12.8 Å². The Morgan fingerprint density at radius 3 is 2.73 bits per heavy atom. The third-order valence-corrected chi connectivity index (χ3v) is 4.89. The number of hydrogen-bond donors (Lipinski definition) is 2. The van der Waals surface area contributed by atoms with Crippen LogP contribution in [0.5, 0.6) is 0 Å². The summed E-state index contributed by atoms with van der Waals surface area (Å²) in [6, 6.07) is 2.09. The quantitative estimate of drug-likeness (QED) is 0.598. The highest BCUT2D eigenvalue weighted by Gasteiger charge is 2.21. The topological polar surface area (TPSA) is 65.6 Å². The molecule has 2 aliphatic heterocycles. The lowest BCUT2D eigenvalue weighted by molar-refractivity contribution is 0.122. The normalized spacial score (nSPS) is 20.6. The molecule has 0 bridgehead atoms. The average Bonchev–Trinajstić information content (AvgIpc) is 2.67. The van der Waals surface area contributed by atoms with Gasteiger partial charge in [-0.25, -0.2) is 0 Å². The Balaban J connectivity index is 1.83. The summed E-state index contributed by atoms with van der Waals surface area (Å²) in [5, 5.41) is 6.68. The summed E-state index contributed by atoms with van der Waals surface area (Å²) in [5.74, 6) is 3.09. The van der Waals surface area contributed by atoms with Gasteiger partial charge in [-0.05, 0) is 31.0 Å². The van der Waals surface area contributed by atoms with Gasteiger partial charge in [-0.1, -0.05) is 13.0 Å². The highest BCUT2D eigenvalue weighted by atomic mass is 32.1. The van der Waals surface area contributed by atoms with Gasteiger partial charge in [0.15, 0.2) is 5.11 Å². The van der Waals surface area contributed by atoms with E-state index in [9.17, 15) is 0 Å². The van der Waals surface area contributed by atoms with Crippen molar-refractivity contribution in [2.24, 2.45) is 5.92 Å². The first-order chi connectivity index (χ1) is 12.7. The minimum Gasteiger partial charge on any atom is -0.378 e. The van der Waals surface area contributed by atoms with Crippen LogP contribution in [0.2, 0.25) is 0 Å². The molecule has 2 N–H and O–H groups in total. The van der Waals surface area contributed by atoms with Gasteiger partial charge in [0.1, 0.15) is 11.6 Å². The summed E-state index contributed by atoms with van der Waals surface area (Å²) in [4.78, 5) is 14.0. The number of aromatic nitrogens is 2. The molecule has 142 valence electrons. The van der Waals surface area contributed by atoms with Crippen molar-refractivity contribution in [1.82, 2.24) is 15.3 Å². The molecular weight excluding hydrogens is 348 g/mol. The van der Waals surface area contributed by atoms with Crippen LogP contribution in [0.25, 0.3) is 0 Å². The molecule has 0 spiro atoms. The Labute approximate surface area is 160 Å². The molecule has 0 amide bonds. The minimum absolute atomic E-state index is 0.502. The van der Waals surface area contributed by atoms with Gasteiger partial charge >= 0.3 is 0 Å². The molecule has 0 aromatic carbocycles. The summed E-state index contributed by atoms with van der Waals surface area (Å²) in [6.45, 7) is 11.8. The van der Waals surface area contributed by atoms with Crippen molar-refractivity contribution in [3.8, 4) is 0 Å². The van der Waals surface area contributed by atoms with Crippen molar-refractivity contribution in [2.45, 2.75) is 19.8 Å². The van der Waals surface area contributed by atoms with Crippen LogP contribution in [0.4, 0.5) is 17.6 Å². The van der Waals surface area contributed by atoms with Crippen LogP contribution in [-0.2, 0) is 4.74 Å². The van der Waals surface area contributed by atoms with Crippen molar-refractivity contribution in [1.29, 1.82) is 0 Å². The van der Waals surface area contributed by atoms with Crippen LogP contribution >= 0.6 is 12.2 Å². The Morgan fingerprint density at radius 2 is 2.04 bits per heavy atom. The van der Waals surface area contributed by atoms with Gasteiger partial charge < -0.3 is 25.2 Å². The molecule has 1 aromatic heterocycles. The maximum Gasteiger partial charge on any atom is 0.232 e. The van der Waals surface area contributed by atoms with E-state index in [1.54, 1.807) is 6.08 Å². The first kappa shape index (κ1) is 18.8. The number of rotatable bonds is 5. The van der Waals surface area contributed by atoms with E-state index in [1.807, 2.05) is 0 Å². The maximum atomic E-state index is 5.47. The van der Waals surface area contributed by atoms with Gasteiger partial charge in [-0.15, -0.1) is 6.58 Å². The molecule has 3 rings (SSSR count). The molecule has 26 heavy (non-hydrogen) atoms. The largest absolute Gasteiger partial charge is 0.378 e. The van der Waals surface area contributed by atoms with Crippen LogP contribution in [0.15, 0.2) is 18.7 Å². The molecule has 7 nitrogen and oxygen atoms in total. The van der Waals surface area contributed by atoms with Gasteiger partial charge in [0.05, 0.1) is 13.2 Å². The van der Waals surface area contributed by atoms with Gasteiger partial charge in [-0.2, -0.15) is 9.97 Å². The molecule has 0 aliphatic carbocycles. The number of thiocarbonyl (C=S) groups is 1. The molecule has 1 aromatic rings. The number of piperidine rings is 1. The Kier molecular flexibility index (Phi) is 6.62. The van der Waals surface area contributed by atoms with Crippen molar-refractivity contribution in [3.63, 3.8) is 0 Å². The van der Waals surface area contributed by atoms with Crippen molar-refractivity contribution >= 4 is 34.9 Å². The predicted octanol–water partition coefficient (Wildman–Crippen LogP) is 2.02. The van der Waals surface area contributed by atoms with E-state index in [-0.39, 0.29) is 0 Å². The second-order valence-corrected chi connectivity index (χ2v) is 7.23. The summed E-state index contributed by atoms with van der Waals surface area (Å²) in [5.41, 5.74) is 0. The lowest BCUT2D eigenvalue weighted by atomic mass is 10.0. The molecule has 2 saturated heterocycles. The van der Waals surface area contributed by atoms with Gasteiger partial charge in [0.25, 0.3) is 0 Å². The SMILES string of the molecule is C=CCNC(=S)Nc1nc(N2CCOCC2)cc(N2CCC[C@H](C)C2)n1. The highest BCUT2D eigenvalue weighted by Crippen LogP contribution is 2.26. The summed E-state index contributed by atoms with van der Waals surface area (Å²) in [7, 11) is 0. The summed E-state index contributed by atoms with van der Waals surface area (Å²) < 4.78 is 5.47. The fourth-order valence-electron chi connectivity index (χ4n) is 3.30. The standard InChI is InChI=1S/C18H28N6OS/c1-3-6-19-18(26)22-17-20-15(23-8-10-25-11-9-23)12-16(21-17)24-7-4-5-14(2)13-24/h3,12,14H,1,4-11,13H2,2H3,(H2,19,20,21,22,26)/t14-/m0/s1. The minimum atomic E-state index is 0.502. The Bertz CT molecular complexity index is 634. The van der Waals surface area contributed by atoms with Gasteiger partial charge in [0, 0.05) is 38.8 Å². The smallest absolute Gasteiger partial charge is 0.232 e. The first-order valence-electron chi connectivity index (χ1n) is 9.28. The van der Waals surface area contributed by atoms with E-state index in [2.05, 4.69) is 45.0 Å². The predicted molar refractivity (Wildman–Crippen MR) is 110 cm³/mol. The number of ether oxygens (including phenoxy) is 1. The van der Waals surface area contributed by atoms with Crippen LogP contribution in [-0.4, -0.2) is 61.0 Å². The summed E-state index contributed by atoms with van der Waals surface area (Å²) in [6.07, 6.45) is 4.23. The van der Waals surface area contributed by atoms with Gasteiger partial charge in [-0.3, -0.25) is 0 Å². The first-order valence-corrected chi connectivity index (χ1v) is 9.69. The Morgan fingerprint density at radius 1 is 1.31 bits per heavy atom. The fourth-order valence-corrected chi connectivity index (χ4v) is 3.48. The molecule has 8 heteroatoms. The number of hydrogen-bond acceptors (Lipinski definition) is 6. The zero-order valence-corrected chi connectivity index (χ0v) is 16.2. The van der Waals surface area contributed by atoms with Crippen LogP contribution in [0.3, 0.4) is 0 Å². The van der Waals surface area contributed by atoms with E-state index < -0.39 is 0 Å². The highest BCUT2D eigenvalue weighted by molar-refractivity contribution is 7.80. The van der Waals surface area contributed by atoms with Gasteiger partial charge in [0.2, 0.25) is 5.95 Å². The van der Waals surface area contributed by atoms with E-state index in [0.717, 1.165) is 51.0 Å². The van der Waals surface area contributed by atoms with E-state index in [0.29, 0.717) is 23.5 Å². The number of nitrogens with one attached hydrogen (secondary N) is 2. The van der Waals surface area contributed by atoms with Crippen molar-refractivity contribution < 1.29 is 4.74 Å². The molecular formula is C18H28N6OS. The zero-order chi connectivity index (χ0) is 18.4. The molecule has 3 heterocycles. The lowest BCUT2D eigenvalue weighted by Gasteiger charge is -2.33. The lowest BCUT2D eigenvalue weighted by Crippen LogP contribution is -2.38. The summed E-state index contributed by atoms with van der Waals surface area (Å²) >= 11 is 5.32. The second-order valence-electron chi connectivity index (χ2n) is 6.82. The fraction of sp³-hybridized carbons (Fsp3) is 0.611. The van der Waals surface area contributed by atoms with E-state index >= 15 is 0 Å². The zero-order valence-electron chi connectivity index (χ0n) is 15.4.